The standard InChI is InChI=1S/C15H15F2NO/c1-10-5-6-13(16)7-12(10)9-19-15-11(8-18)3-2-4-14(15)17/h2-7H,8-9,18H2,1H3. The summed E-state index contributed by atoms with van der Waals surface area (Å²) >= 11 is 0. The Hall–Kier alpha value is -1.94. The summed E-state index contributed by atoms with van der Waals surface area (Å²) in [7, 11) is 0. The largest absolute Gasteiger partial charge is 0.485 e. The lowest BCUT2D eigenvalue weighted by molar-refractivity contribution is 0.285. The van der Waals surface area contributed by atoms with Gasteiger partial charge in [0, 0.05) is 12.1 Å². The number of benzene rings is 2. The Bertz CT molecular complexity index is 584. The predicted octanol–water partition coefficient (Wildman–Crippen LogP) is 3.31. The third kappa shape index (κ3) is 3.09. The summed E-state index contributed by atoms with van der Waals surface area (Å²) in [5.74, 6) is -0.664. The van der Waals surface area contributed by atoms with Gasteiger partial charge in [0.15, 0.2) is 11.6 Å². The molecule has 0 radical (unpaired) electrons. The molecule has 2 rings (SSSR count). The van der Waals surface area contributed by atoms with Crippen LogP contribution in [-0.2, 0) is 13.2 Å². The molecule has 0 fully saturated rings. The monoisotopic (exact) mass is 263 g/mol. The minimum atomic E-state index is -0.461. The van der Waals surface area contributed by atoms with E-state index in [1.54, 1.807) is 18.2 Å². The fourth-order valence-corrected chi connectivity index (χ4v) is 1.82. The average Bonchev–Trinajstić information content (AvgIpc) is 2.40. The number of hydrogen-bond donors (Lipinski definition) is 1. The van der Waals surface area contributed by atoms with Crippen LogP contribution in [-0.4, -0.2) is 0 Å². The Kier molecular flexibility index (Phi) is 4.12. The van der Waals surface area contributed by atoms with E-state index in [2.05, 4.69) is 0 Å². The quantitative estimate of drug-likeness (QED) is 0.918. The highest BCUT2D eigenvalue weighted by atomic mass is 19.1. The Balaban J connectivity index is 2.21. The van der Waals surface area contributed by atoms with E-state index in [9.17, 15) is 8.78 Å². The van der Waals surface area contributed by atoms with Crippen LogP contribution in [0.25, 0.3) is 0 Å². The van der Waals surface area contributed by atoms with Crippen LogP contribution in [0.3, 0.4) is 0 Å². The van der Waals surface area contributed by atoms with E-state index in [1.807, 2.05) is 6.92 Å². The number of para-hydroxylation sites is 1. The van der Waals surface area contributed by atoms with Gasteiger partial charge in [-0.15, -0.1) is 0 Å². The van der Waals surface area contributed by atoms with E-state index in [0.29, 0.717) is 11.1 Å². The van der Waals surface area contributed by atoms with E-state index in [0.717, 1.165) is 5.56 Å². The van der Waals surface area contributed by atoms with Gasteiger partial charge in [-0.05, 0) is 36.2 Å². The Morgan fingerprint density at radius 3 is 2.63 bits per heavy atom. The topological polar surface area (TPSA) is 35.2 Å². The number of hydrogen-bond acceptors (Lipinski definition) is 2. The SMILES string of the molecule is Cc1ccc(F)cc1COc1c(F)cccc1CN. The number of ether oxygens (including phenoxy) is 1. The first-order valence-corrected chi connectivity index (χ1v) is 5.97. The molecule has 0 aromatic heterocycles. The van der Waals surface area contributed by atoms with Gasteiger partial charge in [-0.25, -0.2) is 8.78 Å². The molecule has 19 heavy (non-hydrogen) atoms. The van der Waals surface area contributed by atoms with Crippen molar-refractivity contribution in [2.45, 2.75) is 20.1 Å². The number of nitrogens with two attached hydrogens (primary N) is 1. The molecule has 0 atom stereocenters. The summed E-state index contributed by atoms with van der Waals surface area (Å²) in [6, 6.07) is 9.03. The van der Waals surface area contributed by atoms with Gasteiger partial charge in [0.05, 0.1) is 0 Å². The van der Waals surface area contributed by atoms with E-state index < -0.39 is 5.82 Å². The molecule has 0 heterocycles. The van der Waals surface area contributed by atoms with Crippen LogP contribution in [0.4, 0.5) is 8.78 Å². The van der Waals surface area contributed by atoms with Crippen LogP contribution >= 0.6 is 0 Å². The zero-order chi connectivity index (χ0) is 13.8. The lowest BCUT2D eigenvalue weighted by Crippen LogP contribution is -2.05. The molecule has 0 bridgehead atoms. The summed E-state index contributed by atoms with van der Waals surface area (Å²) in [6.45, 7) is 2.15. The van der Waals surface area contributed by atoms with Gasteiger partial charge in [0.25, 0.3) is 0 Å². The molecule has 0 amide bonds. The first-order chi connectivity index (χ1) is 9.11. The highest BCUT2D eigenvalue weighted by Gasteiger charge is 2.10. The van der Waals surface area contributed by atoms with Gasteiger partial charge in [-0.3, -0.25) is 0 Å². The van der Waals surface area contributed by atoms with Crippen molar-refractivity contribution in [1.29, 1.82) is 0 Å². The minimum absolute atomic E-state index is 0.109. The van der Waals surface area contributed by atoms with Crippen molar-refractivity contribution < 1.29 is 13.5 Å². The maximum Gasteiger partial charge on any atom is 0.165 e. The molecule has 0 spiro atoms. The maximum atomic E-state index is 13.7. The molecule has 100 valence electrons. The molecule has 0 unspecified atom stereocenters. The molecule has 2 N–H and O–H groups in total. The van der Waals surface area contributed by atoms with Crippen molar-refractivity contribution in [2.24, 2.45) is 5.73 Å². The highest BCUT2D eigenvalue weighted by Crippen LogP contribution is 2.24. The fraction of sp³-hybridized carbons (Fsp3) is 0.200. The van der Waals surface area contributed by atoms with Crippen molar-refractivity contribution in [2.75, 3.05) is 0 Å². The van der Waals surface area contributed by atoms with Crippen molar-refractivity contribution in [1.82, 2.24) is 0 Å². The van der Waals surface area contributed by atoms with E-state index in [1.165, 1.54) is 18.2 Å². The molecular formula is C15H15F2NO. The molecule has 2 aromatic carbocycles. The Labute approximate surface area is 110 Å². The summed E-state index contributed by atoms with van der Waals surface area (Å²) < 4.78 is 32.3. The van der Waals surface area contributed by atoms with Gasteiger partial charge >= 0.3 is 0 Å². The molecule has 0 saturated carbocycles. The average molecular weight is 263 g/mol. The summed E-state index contributed by atoms with van der Waals surface area (Å²) in [4.78, 5) is 0. The normalized spacial score (nSPS) is 10.5. The van der Waals surface area contributed by atoms with Gasteiger partial charge in [0.1, 0.15) is 12.4 Å². The minimum Gasteiger partial charge on any atom is -0.485 e. The Morgan fingerprint density at radius 1 is 1.11 bits per heavy atom. The zero-order valence-corrected chi connectivity index (χ0v) is 10.6. The van der Waals surface area contributed by atoms with Crippen LogP contribution in [0.15, 0.2) is 36.4 Å². The van der Waals surface area contributed by atoms with Gasteiger partial charge < -0.3 is 10.5 Å². The number of rotatable bonds is 4. The third-order valence-corrected chi connectivity index (χ3v) is 2.95. The van der Waals surface area contributed by atoms with Crippen molar-refractivity contribution in [3.8, 4) is 5.75 Å². The summed E-state index contributed by atoms with van der Waals surface area (Å²) in [5.41, 5.74) is 7.71. The number of aryl methyl sites for hydroxylation is 1. The van der Waals surface area contributed by atoms with Crippen molar-refractivity contribution >= 4 is 0 Å². The second-order valence-electron chi connectivity index (χ2n) is 4.29. The third-order valence-electron chi connectivity index (χ3n) is 2.95. The van der Waals surface area contributed by atoms with Gasteiger partial charge in [0.2, 0.25) is 0 Å². The summed E-state index contributed by atoms with van der Waals surface area (Å²) in [6.07, 6.45) is 0. The number of halogens is 2. The van der Waals surface area contributed by atoms with Crippen LogP contribution in [0.1, 0.15) is 16.7 Å². The first kappa shape index (κ1) is 13.5. The molecule has 0 aliphatic rings. The Morgan fingerprint density at radius 2 is 1.89 bits per heavy atom. The second-order valence-corrected chi connectivity index (χ2v) is 4.29. The fourth-order valence-electron chi connectivity index (χ4n) is 1.82. The van der Waals surface area contributed by atoms with Gasteiger partial charge in [-0.1, -0.05) is 18.2 Å². The molecule has 0 saturated heterocycles. The molecule has 2 aromatic rings. The van der Waals surface area contributed by atoms with Crippen LogP contribution in [0, 0.1) is 18.6 Å². The van der Waals surface area contributed by atoms with Crippen molar-refractivity contribution in [3.63, 3.8) is 0 Å². The predicted molar refractivity (Wildman–Crippen MR) is 69.8 cm³/mol. The molecular weight excluding hydrogens is 248 g/mol. The maximum absolute atomic E-state index is 13.7. The highest BCUT2D eigenvalue weighted by molar-refractivity contribution is 5.35. The summed E-state index contributed by atoms with van der Waals surface area (Å²) in [5, 5.41) is 0. The molecule has 0 aliphatic heterocycles. The van der Waals surface area contributed by atoms with Crippen LogP contribution in [0.5, 0.6) is 5.75 Å². The van der Waals surface area contributed by atoms with Gasteiger partial charge in [-0.2, -0.15) is 0 Å². The van der Waals surface area contributed by atoms with Crippen molar-refractivity contribution in [3.05, 3.63) is 64.7 Å². The molecule has 0 aliphatic carbocycles. The first-order valence-electron chi connectivity index (χ1n) is 5.97. The zero-order valence-electron chi connectivity index (χ0n) is 10.6. The second kappa shape index (κ2) is 5.80. The van der Waals surface area contributed by atoms with E-state index >= 15 is 0 Å². The lowest BCUT2D eigenvalue weighted by Gasteiger charge is -2.12. The van der Waals surface area contributed by atoms with E-state index in [4.69, 9.17) is 10.5 Å². The molecule has 4 heteroatoms. The smallest absolute Gasteiger partial charge is 0.165 e. The lowest BCUT2D eigenvalue weighted by atomic mass is 10.1. The molecule has 2 nitrogen and oxygen atoms in total. The van der Waals surface area contributed by atoms with Crippen LogP contribution in [0.2, 0.25) is 0 Å². The van der Waals surface area contributed by atoms with E-state index in [-0.39, 0.29) is 24.7 Å². The van der Waals surface area contributed by atoms with Crippen LogP contribution < -0.4 is 10.5 Å².